The molecule has 0 bridgehead atoms. The SMILES string of the molecule is CNC(=O)Oc1cn2nc(Sc3ccccc3)ccc2n1. The molecule has 0 saturated carbocycles. The summed E-state index contributed by atoms with van der Waals surface area (Å²) in [6.45, 7) is 0. The molecule has 1 N–H and O–H groups in total. The van der Waals surface area contributed by atoms with Crippen LogP contribution in [0.2, 0.25) is 0 Å². The second-order valence-electron chi connectivity index (χ2n) is 4.11. The van der Waals surface area contributed by atoms with E-state index >= 15 is 0 Å². The molecule has 0 aliphatic rings. The van der Waals surface area contributed by atoms with Gasteiger partial charge in [-0.05, 0) is 24.3 Å². The number of ether oxygens (including phenoxy) is 1. The number of aromatic nitrogens is 3. The van der Waals surface area contributed by atoms with Gasteiger partial charge in [0, 0.05) is 11.9 Å². The molecule has 2 aromatic heterocycles. The highest BCUT2D eigenvalue weighted by atomic mass is 32.2. The maximum atomic E-state index is 11.2. The Hall–Kier alpha value is -2.54. The lowest BCUT2D eigenvalue weighted by Crippen LogP contribution is -2.22. The van der Waals surface area contributed by atoms with Crippen molar-refractivity contribution in [2.75, 3.05) is 7.05 Å². The van der Waals surface area contributed by atoms with E-state index in [1.54, 1.807) is 22.5 Å². The fraction of sp³-hybridized carbons (Fsp3) is 0.0714. The number of rotatable bonds is 3. The molecule has 1 aromatic carbocycles. The zero-order valence-electron chi connectivity index (χ0n) is 11.2. The van der Waals surface area contributed by atoms with E-state index in [9.17, 15) is 4.79 Å². The summed E-state index contributed by atoms with van der Waals surface area (Å²) in [5.74, 6) is 0.212. The van der Waals surface area contributed by atoms with Crippen LogP contribution >= 0.6 is 11.8 Å². The van der Waals surface area contributed by atoms with E-state index in [1.165, 1.54) is 7.05 Å². The molecule has 0 aliphatic heterocycles. The highest BCUT2D eigenvalue weighted by Gasteiger charge is 2.08. The molecular weight excluding hydrogens is 288 g/mol. The lowest BCUT2D eigenvalue weighted by molar-refractivity contribution is 0.201. The Kier molecular flexibility index (Phi) is 3.74. The van der Waals surface area contributed by atoms with Gasteiger partial charge in [-0.1, -0.05) is 30.0 Å². The van der Waals surface area contributed by atoms with Gasteiger partial charge in [0.2, 0.25) is 5.88 Å². The summed E-state index contributed by atoms with van der Waals surface area (Å²) in [5.41, 5.74) is 0.617. The van der Waals surface area contributed by atoms with Gasteiger partial charge in [0.15, 0.2) is 5.65 Å². The fourth-order valence-corrected chi connectivity index (χ4v) is 2.50. The van der Waals surface area contributed by atoms with Gasteiger partial charge < -0.3 is 10.1 Å². The predicted octanol–water partition coefficient (Wildman–Crippen LogP) is 2.60. The van der Waals surface area contributed by atoms with Gasteiger partial charge in [-0.2, -0.15) is 10.1 Å². The molecule has 0 aliphatic carbocycles. The largest absolute Gasteiger partial charge is 0.413 e. The van der Waals surface area contributed by atoms with Crippen LogP contribution in [-0.4, -0.2) is 27.7 Å². The van der Waals surface area contributed by atoms with Crippen LogP contribution in [0, 0.1) is 0 Å². The van der Waals surface area contributed by atoms with Crippen molar-refractivity contribution in [2.45, 2.75) is 9.92 Å². The summed E-state index contributed by atoms with van der Waals surface area (Å²) < 4.78 is 6.56. The maximum absolute atomic E-state index is 11.2. The van der Waals surface area contributed by atoms with Crippen molar-refractivity contribution >= 4 is 23.5 Å². The van der Waals surface area contributed by atoms with Gasteiger partial charge in [0.1, 0.15) is 5.03 Å². The average Bonchev–Trinajstić information content (AvgIpc) is 2.89. The van der Waals surface area contributed by atoms with E-state index in [0.717, 1.165) is 9.92 Å². The smallest absolute Gasteiger partial charge is 0.389 e. The summed E-state index contributed by atoms with van der Waals surface area (Å²) in [6.07, 6.45) is 1.01. The minimum atomic E-state index is -0.558. The number of nitrogens with zero attached hydrogens (tertiary/aromatic N) is 3. The third kappa shape index (κ3) is 3.14. The Labute approximate surface area is 125 Å². The van der Waals surface area contributed by atoms with Crippen LogP contribution < -0.4 is 10.1 Å². The van der Waals surface area contributed by atoms with Crippen LogP contribution in [0.25, 0.3) is 5.65 Å². The molecular formula is C14H12N4O2S. The molecule has 0 fully saturated rings. The highest BCUT2D eigenvalue weighted by Crippen LogP contribution is 2.25. The zero-order valence-corrected chi connectivity index (χ0v) is 12.0. The van der Waals surface area contributed by atoms with Gasteiger partial charge in [-0.3, -0.25) is 0 Å². The minimum absolute atomic E-state index is 0.212. The number of carbonyl (C=O) groups excluding carboxylic acids is 1. The predicted molar refractivity (Wildman–Crippen MR) is 78.6 cm³/mol. The Morgan fingerprint density at radius 3 is 2.81 bits per heavy atom. The number of nitrogens with one attached hydrogen (secondary N) is 1. The first-order valence-electron chi connectivity index (χ1n) is 6.23. The standard InChI is InChI=1S/C14H12N4O2S/c1-15-14(19)20-12-9-18-11(16-12)7-8-13(17-18)21-10-5-3-2-4-6-10/h2-9H,1H3,(H,15,19). The molecule has 0 spiro atoms. The number of imidazole rings is 1. The summed E-state index contributed by atoms with van der Waals surface area (Å²) in [4.78, 5) is 16.4. The van der Waals surface area contributed by atoms with Gasteiger partial charge in [-0.15, -0.1) is 0 Å². The van der Waals surface area contributed by atoms with Crippen molar-refractivity contribution in [1.29, 1.82) is 0 Å². The monoisotopic (exact) mass is 300 g/mol. The van der Waals surface area contributed by atoms with Crippen LogP contribution in [-0.2, 0) is 0 Å². The molecule has 0 atom stereocenters. The van der Waals surface area contributed by atoms with Gasteiger partial charge in [-0.25, -0.2) is 9.31 Å². The lowest BCUT2D eigenvalue weighted by atomic mass is 10.4. The Morgan fingerprint density at radius 1 is 1.24 bits per heavy atom. The van der Waals surface area contributed by atoms with Crippen LogP contribution in [0.1, 0.15) is 0 Å². The molecule has 2 heterocycles. The second kappa shape index (κ2) is 5.84. The molecule has 106 valence electrons. The van der Waals surface area contributed by atoms with Crippen LogP contribution in [0.15, 0.2) is 58.6 Å². The first-order valence-corrected chi connectivity index (χ1v) is 7.05. The number of benzene rings is 1. The van der Waals surface area contributed by atoms with Crippen LogP contribution in [0.5, 0.6) is 5.88 Å². The van der Waals surface area contributed by atoms with Gasteiger partial charge in [0.25, 0.3) is 0 Å². The molecule has 3 aromatic rings. The van der Waals surface area contributed by atoms with Crippen LogP contribution in [0.4, 0.5) is 4.79 Å². The van der Waals surface area contributed by atoms with Crippen molar-refractivity contribution in [2.24, 2.45) is 0 Å². The van der Waals surface area contributed by atoms with E-state index in [2.05, 4.69) is 15.4 Å². The third-order valence-electron chi connectivity index (χ3n) is 2.64. The molecule has 6 nitrogen and oxygen atoms in total. The van der Waals surface area contributed by atoms with E-state index in [0.29, 0.717) is 5.65 Å². The third-order valence-corrected chi connectivity index (χ3v) is 3.58. The quantitative estimate of drug-likeness (QED) is 0.805. The van der Waals surface area contributed by atoms with Crippen molar-refractivity contribution in [1.82, 2.24) is 19.9 Å². The number of hydrogen-bond donors (Lipinski definition) is 1. The topological polar surface area (TPSA) is 68.5 Å². The van der Waals surface area contributed by atoms with Gasteiger partial charge >= 0.3 is 6.09 Å². The van der Waals surface area contributed by atoms with Gasteiger partial charge in [0.05, 0.1) is 6.20 Å². The second-order valence-corrected chi connectivity index (χ2v) is 5.20. The molecule has 1 amide bonds. The van der Waals surface area contributed by atoms with E-state index in [4.69, 9.17) is 4.74 Å². The molecule has 21 heavy (non-hydrogen) atoms. The first-order chi connectivity index (χ1) is 10.2. The maximum Gasteiger partial charge on any atom is 0.413 e. The van der Waals surface area contributed by atoms with E-state index in [-0.39, 0.29) is 5.88 Å². The first kappa shape index (κ1) is 13.4. The number of carbonyl (C=O) groups is 1. The lowest BCUT2D eigenvalue weighted by Gasteiger charge is -2.00. The van der Waals surface area contributed by atoms with Crippen molar-refractivity contribution < 1.29 is 9.53 Å². The number of amides is 1. The summed E-state index contributed by atoms with van der Waals surface area (Å²) in [5, 5.41) is 7.63. The molecule has 0 unspecified atom stereocenters. The normalized spacial score (nSPS) is 10.5. The molecule has 0 saturated heterocycles. The van der Waals surface area contributed by atoms with Crippen molar-refractivity contribution in [3.05, 3.63) is 48.7 Å². The van der Waals surface area contributed by atoms with Crippen LogP contribution in [0.3, 0.4) is 0 Å². The van der Waals surface area contributed by atoms with Crippen molar-refractivity contribution in [3.8, 4) is 5.88 Å². The average molecular weight is 300 g/mol. The number of fused-ring (bicyclic) bond motifs is 1. The summed E-state index contributed by atoms with van der Waals surface area (Å²) >= 11 is 1.55. The Bertz CT molecular complexity index is 773. The number of hydrogen-bond acceptors (Lipinski definition) is 5. The summed E-state index contributed by atoms with van der Waals surface area (Å²) in [6, 6.07) is 13.7. The minimum Gasteiger partial charge on any atom is -0.389 e. The Balaban J connectivity index is 1.84. The fourth-order valence-electron chi connectivity index (χ4n) is 1.70. The van der Waals surface area contributed by atoms with Crippen molar-refractivity contribution in [3.63, 3.8) is 0 Å². The highest BCUT2D eigenvalue weighted by molar-refractivity contribution is 7.99. The van der Waals surface area contributed by atoms with E-state index in [1.807, 2.05) is 42.5 Å². The summed E-state index contributed by atoms with van der Waals surface area (Å²) in [7, 11) is 1.49. The molecule has 7 heteroatoms. The molecule has 0 radical (unpaired) electrons. The van der Waals surface area contributed by atoms with E-state index < -0.39 is 6.09 Å². The zero-order chi connectivity index (χ0) is 14.7. The molecule has 3 rings (SSSR count). The Morgan fingerprint density at radius 2 is 2.05 bits per heavy atom.